The molecule has 30 nitrogen and oxygen atoms in total. The average molecular weight is 1110 g/mol. The number of carbonyl (C=O) groups is 6. The van der Waals surface area contributed by atoms with Gasteiger partial charge in [0, 0.05) is 26.7 Å². The molecular formula is C46H53Cl2N21O9. The number of anilines is 1. The fourth-order valence-electron chi connectivity index (χ4n) is 6.87. The summed E-state index contributed by atoms with van der Waals surface area (Å²) < 4.78 is 5.38. The first-order valence-corrected chi connectivity index (χ1v) is 23.2. The minimum atomic E-state index is -2.30. The number of aliphatic hydroxyl groups is 1. The first-order chi connectivity index (χ1) is 36.9. The number of hydrogen-bond acceptors (Lipinski definition) is 16. The first kappa shape index (κ1) is 58.7. The molecule has 32 heteroatoms. The van der Waals surface area contributed by atoms with Gasteiger partial charge >= 0.3 is 0 Å². The van der Waals surface area contributed by atoms with E-state index in [1.807, 2.05) is 5.32 Å². The molecule has 0 spiro atoms. The number of ether oxygens (including phenoxy) is 1. The lowest BCUT2D eigenvalue weighted by molar-refractivity contribution is -0.136. The van der Waals surface area contributed by atoms with Crippen molar-refractivity contribution in [2.75, 3.05) is 12.0 Å². The molecule has 4 aromatic carbocycles. The Labute approximate surface area is 452 Å². The molecule has 0 fully saturated rings. The molecule has 0 bridgehead atoms. The van der Waals surface area contributed by atoms with Gasteiger partial charge in [0.25, 0.3) is 29.5 Å². The Bertz CT molecular complexity index is 3000. The Kier molecular flexibility index (Phi) is 20.2. The van der Waals surface area contributed by atoms with E-state index in [-0.39, 0.29) is 22.8 Å². The van der Waals surface area contributed by atoms with E-state index < -0.39 is 103 Å². The van der Waals surface area contributed by atoms with Crippen LogP contribution < -0.4 is 86.2 Å². The number of nitrogens with zero attached hydrogens (tertiary/aromatic N) is 3. The predicted molar refractivity (Wildman–Crippen MR) is 284 cm³/mol. The summed E-state index contributed by atoms with van der Waals surface area (Å²) in [4.78, 5) is 92.3. The number of amides is 6. The Morgan fingerprint density at radius 3 is 1.41 bits per heavy atom. The number of methoxy groups -OCH3 is 1. The number of aromatic hydroxyl groups is 1. The van der Waals surface area contributed by atoms with Crippen molar-refractivity contribution in [3.8, 4) is 34.0 Å². The van der Waals surface area contributed by atoms with Gasteiger partial charge in [-0.25, -0.2) is 9.97 Å². The van der Waals surface area contributed by atoms with E-state index in [1.54, 1.807) is 60.7 Å². The molecule has 0 saturated carbocycles. The Balaban J connectivity index is 1.50. The number of nitrogens with two attached hydrogens (primary N) is 5. The maximum absolute atomic E-state index is 14.6. The molecule has 6 atom stereocenters. The number of primary amides is 1. The number of aromatic nitrogens is 2. The fourth-order valence-corrected chi connectivity index (χ4v) is 7.13. The molecule has 0 aliphatic carbocycles. The summed E-state index contributed by atoms with van der Waals surface area (Å²) >= 11 is 12.4. The van der Waals surface area contributed by atoms with Gasteiger partial charge in [0.2, 0.25) is 18.1 Å². The molecule has 5 rings (SSSR count). The molecule has 0 aliphatic rings. The van der Waals surface area contributed by atoms with Crippen LogP contribution in [0.5, 0.6) is 11.5 Å². The molecule has 0 saturated heterocycles. The van der Waals surface area contributed by atoms with E-state index in [2.05, 4.69) is 42.5 Å². The lowest BCUT2D eigenvalue weighted by Gasteiger charge is -2.30. The van der Waals surface area contributed by atoms with E-state index >= 15 is 0 Å². The largest absolute Gasteiger partial charge is 0.508 e. The second kappa shape index (κ2) is 26.8. The van der Waals surface area contributed by atoms with E-state index in [4.69, 9.17) is 88.2 Å². The highest BCUT2D eigenvalue weighted by Gasteiger charge is 2.36. The van der Waals surface area contributed by atoms with Gasteiger partial charge in [-0.1, -0.05) is 77.8 Å². The number of phenolic OH excluding ortho intramolecular Hbond substituents is 1. The van der Waals surface area contributed by atoms with Gasteiger partial charge in [0.05, 0.1) is 25.0 Å². The SMILES string of the molecule is COc1ccc(O)c(CN(c2nc(-c3ccc(Cl)cc3)cc(-c3ccc(Cl)cc3)n2)C(O)C(=O)NC(C(=O)NC(NC(=N)N)C(=O)NC(NC(=N)N)C(=O)NC(NC(=N)N)C(=O)NC(NC(=N)N)C(N)=O)c2ccccc2)c1. The standard InChI is InChI=1S/C46H53Cl2N21O9/c1-78-26-15-16-29(70)23(17-26)19-69(46-58-27(20-7-11-24(47)12-8-20)18-28(59-46)21-9-13-25(48)14-10-21)41(77)40(76)60-30(22-5-3-2-4-6-22)36(72)62-33(66-43(52)53)38(74)64-35(68-45(56)57)39(75)63-34(67-44(54)55)37(73)61-32(31(49)71)65-42(50)51/h2-18,30,32-35,41,70,77H,19H2,1H3,(H2,49,71)(H,60,76)(H,61,73)(H,62,72)(H,63,75)(H,64,74)(H4,50,51,65)(H4,52,53,66)(H4,54,55,67)(H4,56,57,68). The minimum Gasteiger partial charge on any atom is -0.508 e. The van der Waals surface area contributed by atoms with Crippen molar-refractivity contribution < 1.29 is 43.7 Å². The average Bonchev–Trinajstić information content (AvgIpc) is 3.39. The van der Waals surface area contributed by atoms with Crippen LogP contribution in [-0.2, 0) is 35.3 Å². The first-order valence-electron chi connectivity index (χ1n) is 22.4. The van der Waals surface area contributed by atoms with Crippen molar-refractivity contribution in [2.24, 2.45) is 28.7 Å². The van der Waals surface area contributed by atoms with Crippen LogP contribution in [0.3, 0.4) is 0 Å². The molecule has 6 unspecified atom stereocenters. The van der Waals surface area contributed by atoms with Crippen LogP contribution in [0.4, 0.5) is 5.95 Å². The van der Waals surface area contributed by atoms with Crippen LogP contribution in [0.15, 0.2) is 103 Å². The molecule has 6 amide bonds. The molecule has 25 N–H and O–H groups in total. The van der Waals surface area contributed by atoms with Gasteiger partial charge in [-0.2, -0.15) is 0 Å². The van der Waals surface area contributed by atoms with Gasteiger partial charge < -0.3 is 96.4 Å². The van der Waals surface area contributed by atoms with Crippen LogP contribution >= 0.6 is 23.2 Å². The zero-order chi connectivity index (χ0) is 57.4. The number of benzene rings is 4. The number of aliphatic hydroxyl groups excluding tert-OH is 1. The van der Waals surface area contributed by atoms with Gasteiger partial charge in [0.15, 0.2) is 48.5 Å². The van der Waals surface area contributed by atoms with Crippen molar-refractivity contribution in [1.82, 2.24) is 57.8 Å². The maximum atomic E-state index is 14.6. The normalized spacial score (nSPS) is 12.9. The fraction of sp³-hybridized carbons (Fsp3) is 0.174. The minimum absolute atomic E-state index is 0.0652. The number of rotatable bonds is 23. The summed E-state index contributed by atoms with van der Waals surface area (Å²) in [5, 5.41) is 74.2. The summed E-state index contributed by atoms with van der Waals surface area (Å²) in [6, 6.07) is 24.7. The van der Waals surface area contributed by atoms with Gasteiger partial charge in [-0.15, -0.1) is 0 Å². The lowest BCUT2D eigenvalue weighted by Crippen LogP contribution is -2.68. The highest BCUT2D eigenvalue weighted by molar-refractivity contribution is 6.31. The molecule has 0 radical (unpaired) electrons. The van der Waals surface area contributed by atoms with E-state index in [9.17, 15) is 39.0 Å². The Hall–Kier alpha value is -10.2. The third kappa shape index (κ3) is 16.7. The van der Waals surface area contributed by atoms with Crippen molar-refractivity contribution in [3.05, 3.63) is 124 Å². The maximum Gasteiger partial charge on any atom is 0.271 e. The summed E-state index contributed by atoms with van der Waals surface area (Å²) in [6.45, 7) is -0.473. The van der Waals surface area contributed by atoms with Crippen LogP contribution in [0.25, 0.3) is 22.5 Å². The second-order valence-corrected chi connectivity index (χ2v) is 17.1. The molecule has 5 aromatic rings. The highest BCUT2D eigenvalue weighted by atomic mass is 35.5. The van der Waals surface area contributed by atoms with E-state index in [0.29, 0.717) is 38.3 Å². The summed E-state index contributed by atoms with van der Waals surface area (Å²) in [5.74, 6) is -11.6. The molecule has 1 heterocycles. The third-order valence-corrected chi connectivity index (χ3v) is 11.0. The summed E-state index contributed by atoms with van der Waals surface area (Å²) in [7, 11) is 1.39. The van der Waals surface area contributed by atoms with Crippen LogP contribution in [0, 0.1) is 21.6 Å². The topological polar surface area (TPSA) is 515 Å². The predicted octanol–water partition coefficient (Wildman–Crippen LogP) is -2.80. The number of hydrogen-bond donors (Lipinski definition) is 20. The summed E-state index contributed by atoms with van der Waals surface area (Å²) in [6.07, 6.45) is -10.4. The van der Waals surface area contributed by atoms with Gasteiger partial charge in [-0.05, 0) is 54.1 Å². The molecular weight excluding hydrogens is 1060 g/mol. The second-order valence-electron chi connectivity index (χ2n) is 16.2. The van der Waals surface area contributed by atoms with Crippen LogP contribution in [0.1, 0.15) is 17.2 Å². The van der Waals surface area contributed by atoms with E-state index in [0.717, 1.165) is 4.90 Å². The zero-order valence-electron chi connectivity index (χ0n) is 40.7. The third-order valence-electron chi connectivity index (χ3n) is 10.5. The number of phenols is 1. The van der Waals surface area contributed by atoms with Crippen molar-refractivity contribution in [3.63, 3.8) is 0 Å². The monoisotopic (exact) mass is 1110 g/mol. The highest BCUT2D eigenvalue weighted by Crippen LogP contribution is 2.31. The van der Waals surface area contributed by atoms with Crippen LogP contribution in [-0.4, -0.2) is 117 Å². The number of carbonyl (C=O) groups excluding carboxylic acids is 6. The quantitative estimate of drug-likeness (QED) is 0.0178. The van der Waals surface area contributed by atoms with Crippen molar-refractivity contribution >= 4 is 88.4 Å². The van der Waals surface area contributed by atoms with E-state index in [1.165, 1.54) is 49.6 Å². The molecule has 410 valence electrons. The Morgan fingerprint density at radius 1 is 0.564 bits per heavy atom. The summed E-state index contributed by atoms with van der Waals surface area (Å²) in [5.41, 5.74) is 28.9. The number of nitrogens with one attached hydrogen (secondary N) is 13. The lowest BCUT2D eigenvalue weighted by atomic mass is 10.1. The van der Waals surface area contributed by atoms with Gasteiger partial charge in [-0.3, -0.25) is 50.4 Å². The smallest absolute Gasteiger partial charge is 0.271 e. The number of guanidine groups is 4. The Morgan fingerprint density at radius 2 is 0.987 bits per heavy atom. The molecule has 1 aromatic heterocycles. The van der Waals surface area contributed by atoms with Crippen molar-refractivity contribution in [2.45, 2.75) is 43.5 Å². The van der Waals surface area contributed by atoms with Gasteiger partial charge in [0.1, 0.15) is 17.5 Å². The van der Waals surface area contributed by atoms with Crippen molar-refractivity contribution in [1.29, 1.82) is 21.6 Å². The zero-order valence-corrected chi connectivity index (χ0v) is 42.2. The molecule has 0 aliphatic heterocycles. The molecule has 78 heavy (non-hydrogen) atoms. The number of halogens is 2. The van der Waals surface area contributed by atoms with Crippen LogP contribution in [0.2, 0.25) is 10.0 Å².